The largest absolute Gasteiger partial charge is 0.386 e. The molecule has 1 aliphatic carbocycles. The zero-order valence-corrected chi connectivity index (χ0v) is 14.9. The lowest BCUT2D eigenvalue weighted by Crippen LogP contribution is -2.43. The molecule has 2 N–H and O–H groups in total. The molecule has 1 amide bonds. The average molecular weight is 370 g/mol. The summed E-state index contributed by atoms with van der Waals surface area (Å²) in [5.74, 6) is 0.616. The van der Waals surface area contributed by atoms with Crippen molar-refractivity contribution in [2.75, 3.05) is 0 Å². The van der Waals surface area contributed by atoms with Crippen molar-refractivity contribution in [3.8, 4) is 11.3 Å². The van der Waals surface area contributed by atoms with Crippen molar-refractivity contribution < 1.29 is 14.4 Å². The third-order valence-corrected chi connectivity index (χ3v) is 5.69. The molecule has 26 heavy (non-hydrogen) atoms. The van der Waals surface area contributed by atoms with Crippen LogP contribution in [0.15, 0.2) is 40.9 Å². The van der Waals surface area contributed by atoms with Gasteiger partial charge in [0.25, 0.3) is 5.91 Å². The molecule has 7 nitrogen and oxygen atoms in total. The van der Waals surface area contributed by atoms with Gasteiger partial charge in [-0.05, 0) is 19.8 Å². The van der Waals surface area contributed by atoms with Crippen LogP contribution in [-0.4, -0.2) is 32.4 Å². The SMILES string of the molecule is C[C@@H](O)c1nnc(C2CC(NC(=O)c3cc(-c4ccccc4)on3)C2)s1. The molecule has 1 aromatic carbocycles. The molecule has 3 aromatic rings. The molecule has 134 valence electrons. The Labute approximate surface area is 154 Å². The number of aliphatic hydroxyl groups is 1. The first kappa shape index (κ1) is 16.9. The molecule has 0 bridgehead atoms. The van der Waals surface area contributed by atoms with E-state index in [9.17, 15) is 9.90 Å². The van der Waals surface area contributed by atoms with Gasteiger partial charge in [0.1, 0.15) is 16.1 Å². The highest BCUT2D eigenvalue weighted by molar-refractivity contribution is 7.11. The van der Waals surface area contributed by atoms with E-state index in [1.54, 1.807) is 13.0 Å². The van der Waals surface area contributed by atoms with Crippen molar-refractivity contribution in [3.63, 3.8) is 0 Å². The van der Waals surface area contributed by atoms with Gasteiger partial charge in [0.2, 0.25) is 0 Å². The molecular formula is C18H18N4O3S. The summed E-state index contributed by atoms with van der Waals surface area (Å²) >= 11 is 1.43. The number of benzene rings is 1. The Kier molecular flexibility index (Phi) is 4.52. The quantitative estimate of drug-likeness (QED) is 0.716. The molecule has 1 fully saturated rings. The van der Waals surface area contributed by atoms with Gasteiger partial charge in [-0.15, -0.1) is 10.2 Å². The first-order valence-corrected chi connectivity index (χ1v) is 9.26. The number of nitrogens with zero attached hydrogens (tertiary/aromatic N) is 3. The maximum absolute atomic E-state index is 12.3. The highest BCUT2D eigenvalue weighted by atomic mass is 32.1. The molecule has 1 aliphatic rings. The van der Waals surface area contributed by atoms with E-state index < -0.39 is 6.10 Å². The maximum Gasteiger partial charge on any atom is 0.273 e. The Balaban J connectivity index is 1.33. The molecular weight excluding hydrogens is 352 g/mol. The number of hydrogen-bond acceptors (Lipinski definition) is 7. The third-order valence-electron chi connectivity index (χ3n) is 4.44. The van der Waals surface area contributed by atoms with Crippen molar-refractivity contribution in [1.82, 2.24) is 20.7 Å². The number of aromatic nitrogens is 3. The van der Waals surface area contributed by atoms with Crippen molar-refractivity contribution in [3.05, 3.63) is 52.1 Å². The standard InChI is InChI=1S/C18H18N4O3S/c1-10(23)17-20-21-18(26-17)12-7-13(8-12)19-16(24)14-9-15(25-22-14)11-5-3-2-4-6-11/h2-6,9-10,12-13,23H,7-8H2,1H3,(H,19,24)/t10-,12?,13?/m1/s1. The summed E-state index contributed by atoms with van der Waals surface area (Å²) in [5.41, 5.74) is 1.16. The average Bonchev–Trinajstić information content (AvgIpc) is 3.28. The second-order valence-corrected chi connectivity index (χ2v) is 7.48. The summed E-state index contributed by atoms with van der Waals surface area (Å²) in [5, 5.41) is 26.0. The minimum absolute atomic E-state index is 0.0864. The summed E-state index contributed by atoms with van der Waals surface area (Å²) in [6, 6.07) is 11.3. The van der Waals surface area contributed by atoms with Crippen LogP contribution in [0.5, 0.6) is 0 Å². The highest BCUT2D eigenvalue weighted by Gasteiger charge is 2.34. The Hall–Kier alpha value is -2.58. The molecule has 0 aliphatic heterocycles. The Morgan fingerprint density at radius 3 is 2.77 bits per heavy atom. The van der Waals surface area contributed by atoms with E-state index in [4.69, 9.17) is 4.52 Å². The van der Waals surface area contributed by atoms with Crippen molar-refractivity contribution in [1.29, 1.82) is 0 Å². The Morgan fingerprint density at radius 2 is 2.08 bits per heavy atom. The number of nitrogens with one attached hydrogen (secondary N) is 1. The fourth-order valence-corrected chi connectivity index (χ4v) is 3.80. The monoisotopic (exact) mass is 370 g/mol. The summed E-state index contributed by atoms with van der Waals surface area (Å²) in [7, 11) is 0. The van der Waals surface area contributed by atoms with Gasteiger partial charge in [-0.2, -0.15) is 0 Å². The minimum atomic E-state index is -0.595. The molecule has 1 saturated carbocycles. The molecule has 2 heterocycles. The Bertz CT molecular complexity index is 900. The number of aliphatic hydroxyl groups excluding tert-OH is 1. The van der Waals surface area contributed by atoms with Crippen LogP contribution < -0.4 is 5.32 Å². The number of amides is 1. The second-order valence-electron chi connectivity index (χ2n) is 6.44. The topological polar surface area (TPSA) is 101 Å². The van der Waals surface area contributed by atoms with Crippen LogP contribution in [0.1, 0.15) is 52.3 Å². The van der Waals surface area contributed by atoms with Gasteiger partial charge in [-0.3, -0.25) is 4.79 Å². The van der Waals surface area contributed by atoms with Crippen molar-refractivity contribution >= 4 is 17.2 Å². The van der Waals surface area contributed by atoms with Gasteiger partial charge in [0, 0.05) is 23.6 Å². The van der Waals surface area contributed by atoms with E-state index in [0.717, 1.165) is 23.4 Å². The lowest BCUT2D eigenvalue weighted by molar-refractivity contribution is 0.0899. The molecule has 0 saturated heterocycles. The number of hydrogen-bond donors (Lipinski definition) is 2. The van der Waals surface area contributed by atoms with Gasteiger partial charge in [0.15, 0.2) is 11.5 Å². The third kappa shape index (κ3) is 3.38. The molecule has 0 unspecified atom stereocenters. The summed E-state index contributed by atoms with van der Waals surface area (Å²) in [6.45, 7) is 1.68. The molecule has 4 rings (SSSR count). The van der Waals surface area contributed by atoms with Crippen LogP contribution in [0.3, 0.4) is 0 Å². The van der Waals surface area contributed by atoms with Crippen LogP contribution in [0.4, 0.5) is 0 Å². The van der Waals surface area contributed by atoms with Crippen LogP contribution in [-0.2, 0) is 0 Å². The minimum Gasteiger partial charge on any atom is -0.386 e. The first-order valence-electron chi connectivity index (χ1n) is 8.44. The molecule has 8 heteroatoms. The van der Waals surface area contributed by atoms with E-state index in [-0.39, 0.29) is 23.6 Å². The van der Waals surface area contributed by atoms with E-state index in [0.29, 0.717) is 10.8 Å². The van der Waals surface area contributed by atoms with E-state index in [1.165, 1.54) is 11.3 Å². The van der Waals surface area contributed by atoms with Crippen molar-refractivity contribution in [2.24, 2.45) is 0 Å². The zero-order chi connectivity index (χ0) is 18.1. The predicted octanol–water partition coefficient (Wildman–Crippen LogP) is 2.92. The van der Waals surface area contributed by atoms with Gasteiger partial charge >= 0.3 is 0 Å². The number of carbonyl (C=O) groups is 1. The fourth-order valence-electron chi connectivity index (χ4n) is 2.90. The lowest BCUT2D eigenvalue weighted by atomic mass is 9.80. The van der Waals surface area contributed by atoms with Gasteiger partial charge in [0.05, 0.1) is 0 Å². The summed E-state index contributed by atoms with van der Waals surface area (Å²) in [4.78, 5) is 12.3. The van der Waals surface area contributed by atoms with E-state index in [1.807, 2.05) is 30.3 Å². The van der Waals surface area contributed by atoms with E-state index in [2.05, 4.69) is 20.7 Å². The van der Waals surface area contributed by atoms with Gasteiger partial charge in [-0.1, -0.05) is 46.8 Å². The summed E-state index contributed by atoms with van der Waals surface area (Å²) < 4.78 is 5.27. The smallest absolute Gasteiger partial charge is 0.273 e. The first-order chi connectivity index (χ1) is 12.6. The van der Waals surface area contributed by atoms with E-state index >= 15 is 0 Å². The number of rotatable bonds is 5. The lowest BCUT2D eigenvalue weighted by Gasteiger charge is -2.33. The van der Waals surface area contributed by atoms with Crippen LogP contribution in [0, 0.1) is 0 Å². The maximum atomic E-state index is 12.3. The van der Waals surface area contributed by atoms with Crippen LogP contribution >= 0.6 is 11.3 Å². The summed E-state index contributed by atoms with van der Waals surface area (Å²) in [6.07, 6.45) is 1.02. The zero-order valence-electron chi connectivity index (χ0n) is 14.1. The Morgan fingerprint density at radius 1 is 1.31 bits per heavy atom. The van der Waals surface area contributed by atoms with Crippen LogP contribution in [0.2, 0.25) is 0 Å². The molecule has 0 radical (unpaired) electrons. The number of carbonyl (C=O) groups excluding carboxylic acids is 1. The predicted molar refractivity (Wildman–Crippen MR) is 95.7 cm³/mol. The second kappa shape index (κ2) is 6.97. The van der Waals surface area contributed by atoms with Crippen molar-refractivity contribution in [2.45, 2.75) is 37.8 Å². The van der Waals surface area contributed by atoms with Gasteiger partial charge in [-0.25, -0.2) is 0 Å². The van der Waals surface area contributed by atoms with Gasteiger partial charge < -0.3 is 14.9 Å². The normalized spacial score (nSPS) is 20.4. The molecule has 2 aromatic heterocycles. The highest BCUT2D eigenvalue weighted by Crippen LogP contribution is 2.39. The molecule has 0 spiro atoms. The molecule has 1 atom stereocenters. The fraction of sp³-hybridized carbons (Fsp3) is 0.333. The van der Waals surface area contributed by atoms with Crippen LogP contribution in [0.25, 0.3) is 11.3 Å².